The van der Waals surface area contributed by atoms with Crippen LogP contribution in [0.1, 0.15) is 5.56 Å². The van der Waals surface area contributed by atoms with Gasteiger partial charge in [0, 0.05) is 55.2 Å². The van der Waals surface area contributed by atoms with E-state index in [2.05, 4.69) is 98.9 Å². The Labute approximate surface area is 318 Å². The average Bonchev–Trinajstić information content (AvgIpc) is 3.98. The van der Waals surface area contributed by atoms with Crippen LogP contribution in [-0.4, -0.2) is 9.13 Å². The molecule has 4 heterocycles. The summed E-state index contributed by atoms with van der Waals surface area (Å²) in [6, 6.07) is 55.9. The first kappa shape index (κ1) is 30.4. The second-order valence-corrected chi connectivity index (χ2v) is 14.3. The Balaban J connectivity index is 1.11. The zero-order chi connectivity index (χ0) is 37.1. The number of furan rings is 2. The molecule has 0 fully saturated rings. The molecule has 0 saturated carbocycles. The maximum Gasteiger partial charge on any atom is 0.211 e. The number of benzene rings is 8. The van der Waals surface area contributed by atoms with Gasteiger partial charge in [-0.3, -0.25) is 0 Å². The third kappa shape index (κ3) is 4.07. The van der Waals surface area contributed by atoms with Crippen LogP contribution in [0.4, 0.5) is 5.69 Å². The fraction of sp³-hybridized carbons (Fsp3) is 0. The van der Waals surface area contributed by atoms with Crippen LogP contribution in [0, 0.1) is 17.9 Å². The lowest BCUT2D eigenvalue weighted by atomic mass is 9.99. The van der Waals surface area contributed by atoms with Gasteiger partial charge in [-0.1, -0.05) is 97.1 Å². The normalized spacial score (nSPS) is 11.9. The molecule has 0 radical (unpaired) electrons. The second-order valence-electron chi connectivity index (χ2n) is 14.3. The Kier molecular flexibility index (Phi) is 6.10. The average molecular weight is 715 g/mol. The number of hydrogen-bond donors (Lipinski definition) is 0. The molecule has 0 aliphatic carbocycles. The summed E-state index contributed by atoms with van der Waals surface area (Å²) in [7, 11) is 0. The zero-order valence-corrected chi connectivity index (χ0v) is 29.6. The monoisotopic (exact) mass is 714 g/mol. The molecular weight excluding hydrogens is 689 g/mol. The highest BCUT2D eigenvalue weighted by molar-refractivity contribution is 6.19. The van der Waals surface area contributed by atoms with Crippen LogP contribution in [-0.2, 0) is 0 Å². The molecule has 0 amide bonds. The highest BCUT2D eigenvalue weighted by atomic mass is 16.3. The van der Waals surface area contributed by atoms with Gasteiger partial charge < -0.3 is 18.0 Å². The van der Waals surface area contributed by atoms with Crippen molar-refractivity contribution in [2.24, 2.45) is 0 Å². The number of para-hydroxylation sites is 5. The van der Waals surface area contributed by atoms with E-state index in [1.54, 1.807) is 0 Å². The van der Waals surface area contributed by atoms with Crippen LogP contribution >= 0.6 is 0 Å². The molecule has 0 aliphatic rings. The maximum absolute atomic E-state index is 10.9. The summed E-state index contributed by atoms with van der Waals surface area (Å²) in [4.78, 5) is 4.06. The summed E-state index contributed by atoms with van der Waals surface area (Å²) in [5.41, 5.74) is 11.4. The first-order valence-corrected chi connectivity index (χ1v) is 18.4. The van der Waals surface area contributed by atoms with Gasteiger partial charge in [0.05, 0.1) is 45.6 Å². The van der Waals surface area contributed by atoms with E-state index < -0.39 is 0 Å². The van der Waals surface area contributed by atoms with E-state index in [0.717, 1.165) is 110 Å². The van der Waals surface area contributed by atoms with Crippen molar-refractivity contribution in [2.45, 2.75) is 0 Å². The number of nitrogens with zero attached hydrogens (tertiary/aromatic N) is 4. The van der Waals surface area contributed by atoms with E-state index in [1.165, 1.54) is 0 Å². The number of aromatic nitrogens is 2. The van der Waals surface area contributed by atoms with Crippen LogP contribution in [0.25, 0.3) is 115 Å². The Bertz CT molecular complexity index is 3750. The standard InChI is InChI=1S/C50H26N4O2/c1-52-40-16-10-15-31(50(40)54-43-18-7-3-12-33(43)37-25-39-35-14-5-9-20-47(35)56-49(39)27-45(37)54)29-21-22-41(30(23-29)28-51)53-42-17-6-2-11-32(42)36-24-38-34-13-4-8-19-46(34)55-48(38)26-44(36)53/h2-27H. The van der Waals surface area contributed by atoms with Crippen molar-refractivity contribution in [3.05, 3.63) is 175 Å². The van der Waals surface area contributed by atoms with Crippen LogP contribution in [0.2, 0.25) is 0 Å². The molecule has 4 aromatic heterocycles. The molecule has 258 valence electrons. The van der Waals surface area contributed by atoms with Crippen LogP contribution in [0.5, 0.6) is 0 Å². The molecule has 56 heavy (non-hydrogen) atoms. The number of rotatable bonds is 3. The number of hydrogen-bond acceptors (Lipinski definition) is 3. The topological polar surface area (TPSA) is 64.3 Å². The fourth-order valence-electron chi connectivity index (χ4n) is 8.95. The third-order valence-electron chi connectivity index (χ3n) is 11.4. The number of fused-ring (bicyclic) bond motifs is 12. The molecular formula is C50H26N4O2. The van der Waals surface area contributed by atoms with Crippen molar-refractivity contribution in [2.75, 3.05) is 0 Å². The molecule has 6 heteroatoms. The minimum absolute atomic E-state index is 0.509. The minimum Gasteiger partial charge on any atom is -0.456 e. The Morgan fingerprint density at radius 3 is 1.62 bits per heavy atom. The molecule has 0 N–H and O–H groups in total. The van der Waals surface area contributed by atoms with Crippen molar-refractivity contribution >= 4 is 93.2 Å². The van der Waals surface area contributed by atoms with Crippen molar-refractivity contribution in [1.29, 1.82) is 5.26 Å². The molecule has 12 rings (SSSR count). The quantitative estimate of drug-likeness (QED) is 0.171. The molecule has 0 bridgehead atoms. The largest absolute Gasteiger partial charge is 0.456 e. The summed E-state index contributed by atoms with van der Waals surface area (Å²) in [6.45, 7) is 8.35. The summed E-state index contributed by atoms with van der Waals surface area (Å²) in [5.74, 6) is 0. The first-order valence-electron chi connectivity index (χ1n) is 18.4. The van der Waals surface area contributed by atoms with Crippen molar-refractivity contribution in [3.63, 3.8) is 0 Å². The minimum atomic E-state index is 0.509. The third-order valence-corrected chi connectivity index (χ3v) is 11.4. The fourth-order valence-corrected chi connectivity index (χ4v) is 8.95. The van der Waals surface area contributed by atoms with Crippen molar-refractivity contribution in [3.8, 4) is 28.6 Å². The van der Waals surface area contributed by atoms with Crippen LogP contribution in [0.3, 0.4) is 0 Å². The summed E-state index contributed by atoms with van der Waals surface area (Å²) >= 11 is 0. The van der Waals surface area contributed by atoms with Gasteiger partial charge >= 0.3 is 0 Å². The summed E-state index contributed by atoms with van der Waals surface area (Å²) < 4.78 is 17.1. The van der Waals surface area contributed by atoms with Crippen LogP contribution in [0.15, 0.2) is 167 Å². The molecule has 0 atom stereocenters. The molecule has 0 saturated heterocycles. The van der Waals surface area contributed by atoms with E-state index in [9.17, 15) is 5.26 Å². The Morgan fingerprint density at radius 2 is 1.02 bits per heavy atom. The van der Waals surface area contributed by atoms with Gasteiger partial charge in [-0.05, 0) is 59.7 Å². The lowest BCUT2D eigenvalue weighted by Gasteiger charge is -2.17. The van der Waals surface area contributed by atoms with Gasteiger partial charge in [0.25, 0.3) is 0 Å². The summed E-state index contributed by atoms with van der Waals surface area (Å²) in [5, 5.41) is 19.4. The Hall–Kier alpha value is -8.06. The highest BCUT2D eigenvalue weighted by Gasteiger charge is 2.23. The number of nitriles is 1. The molecule has 12 aromatic rings. The van der Waals surface area contributed by atoms with E-state index in [1.807, 2.05) is 78.9 Å². The maximum atomic E-state index is 10.9. The highest BCUT2D eigenvalue weighted by Crippen LogP contribution is 2.44. The molecule has 0 unspecified atom stereocenters. The SMILES string of the molecule is [C-]#[N+]c1cccc(-c2ccc(-n3c4ccccc4c4cc5c(cc43)oc3ccccc35)c(C#N)c2)c1-n1c2ccccc2c2cc3c(cc21)oc1ccccc13. The molecule has 0 spiro atoms. The Morgan fingerprint density at radius 1 is 0.464 bits per heavy atom. The predicted molar refractivity (Wildman–Crippen MR) is 226 cm³/mol. The predicted octanol–water partition coefficient (Wildman–Crippen LogP) is 13.8. The first-order chi connectivity index (χ1) is 27.7. The second kappa shape index (κ2) is 11.2. The van der Waals surface area contributed by atoms with Gasteiger partial charge in [-0.2, -0.15) is 5.26 Å². The van der Waals surface area contributed by atoms with E-state index in [4.69, 9.17) is 15.4 Å². The van der Waals surface area contributed by atoms with Gasteiger partial charge in [0.1, 0.15) is 28.4 Å². The van der Waals surface area contributed by atoms with E-state index >= 15 is 0 Å². The van der Waals surface area contributed by atoms with Crippen molar-refractivity contribution in [1.82, 2.24) is 9.13 Å². The smallest absolute Gasteiger partial charge is 0.211 e. The zero-order valence-electron chi connectivity index (χ0n) is 29.6. The molecule has 6 nitrogen and oxygen atoms in total. The molecule has 0 aliphatic heterocycles. The lowest BCUT2D eigenvalue weighted by Crippen LogP contribution is -2.00. The van der Waals surface area contributed by atoms with Gasteiger partial charge in [-0.25, -0.2) is 4.85 Å². The summed E-state index contributed by atoms with van der Waals surface area (Å²) in [6.07, 6.45) is 0. The molecule has 8 aromatic carbocycles. The van der Waals surface area contributed by atoms with Crippen LogP contribution < -0.4 is 0 Å². The van der Waals surface area contributed by atoms with Gasteiger partial charge in [0.15, 0.2) is 0 Å². The lowest BCUT2D eigenvalue weighted by molar-refractivity contribution is 0.669. The van der Waals surface area contributed by atoms with Gasteiger partial charge in [-0.15, -0.1) is 0 Å². The van der Waals surface area contributed by atoms with Crippen molar-refractivity contribution < 1.29 is 8.83 Å². The van der Waals surface area contributed by atoms with E-state index in [0.29, 0.717) is 11.3 Å². The van der Waals surface area contributed by atoms with Gasteiger partial charge in [0.2, 0.25) is 5.69 Å². The van der Waals surface area contributed by atoms with E-state index in [-0.39, 0.29) is 0 Å².